The fourth-order valence-electron chi connectivity index (χ4n) is 2.57. The maximum atomic E-state index is 4.64. The van der Waals surface area contributed by atoms with Crippen LogP contribution in [0.4, 0.5) is 0 Å². The zero-order valence-corrected chi connectivity index (χ0v) is 15.8. The molecule has 2 N–H and O–H groups in total. The average Bonchev–Trinajstić information content (AvgIpc) is 3.02. The molecule has 0 fully saturated rings. The van der Waals surface area contributed by atoms with Crippen LogP contribution in [0.25, 0.3) is 5.65 Å². The maximum Gasteiger partial charge on any atom is 0.191 e. The van der Waals surface area contributed by atoms with E-state index in [4.69, 9.17) is 0 Å². The fourth-order valence-corrected chi connectivity index (χ4v) is 2.92. The summed E-state index contributed by atoms with van der Waals surface area (Å²) in [6.07, 6.45) is 4.98. The second-order valence-electron chi connectivity index (χ2n) is 5.70. The molecule has 3 aromatic rings. The van der Waals surface area contributed by atoms with E-state index in [0.717, 1.165) is 41.3 Å². The van der Waals surface area contributed by atoms with Crippen molar-refractivity contribution >= 4 is 27.5 Å². The molecule has 0 aliphatic carbocycles. The Bertz CT molecular complexity index is 841. The highest BCUT2D eigenvalue weighted by molar-refractivity contribution is 9.10. The Morgan fingerprint density at radius 2 is 1.96 bits per heavy atom. The number of aromatic nitrogens is 2. The van der Waals surface area contributed by atoms with E-state index in [1.54, 1.807) is 0 Å². The minimum absolute atomic E-state index is 0.542. The van der Waals surface area contributed by atoms with E-state index in [2.05, 4.69) is 67.7 Å². The van der Waals surface area contributed by atoms with Crippen LogP contribution in [0.15, 0.2) is 64.3 Å². The van der Waals surface area contributed by atoms with Gasteiger partial charge in [-0.3, -0.25) is 0 Å². The van der Waals surface area contributed by atoms with Crippen LogP contribution < -0.4 is 10.6 Å². The molecule has 6 heteroatoms. The van der Waals surface area contributed by atoms with Crippen LogP contribution in [0.1, 0.15) is 18.2 Å². The summed E-state index contributed by atoms with van der Waals surface area (Å²) in [6.45, 7) is 4.28. The van der Waals surface area contributed by atoms with E-state index in [1.807, 2.05) is 35.0 Å². The summed E-state index contributed by atoms with van der Waals surface area (Å²) in [6, 6.07) is 14.4. The Morgan fingerprint density at radius 1 is 1.12 bits per heavy atom. The van der Waals surface area contributed by atoms with Crippen LogP contribution in [0.3, 0.4) is 0 Å². The van der Waals surface area contributed by atoms with E-state index >= 15 is 0 Å². The quantitative estimate of drug-likeness (QED) is 0.493. The number of hydrogen-bond acceptors (Lipinski definition) is 2. The molecule has 130 valence electrons. The van der Waals surface area contributed by atoms with Crippen LogP contribution in [0.2, 0.25) is 0 Å². The molecular formula is C19H22BrN5. The molecule has 5 nitrogen and oxygen atoms in total. The van der Waals surface area contributed by atoms with Crippen molar-refractivity contribution in [2.45, 2.75) is 19.9 Å². The summed E-state index contributed by atoms with van der Waals surface area (Å²) >= 11 is 3.48. The van der Waals surface area contributed by atoms with Gasteiger partial charge < -0.3 is 15.0 Å². The highest BCUT2D eigenvalue weighted by Gasteiger charge is 2.03. The molecule has 0 saturated heterocycles. The molecule has 25 heavy (non-hydrogen) atoms. The second kappa shape index (κ2) is 8.67. The Hall–Kier alpha value is -2.34. The molecular weight excluding hydrogens is 378 g/mol. The summed E-state index contributed by atoms with van der Waals surface area (Å²) in [7, 11) is 0. The van der Waals surface area contributed by atoms with E-state index in [1.165, 1.54) is 5.56 Å². The van der Waals surface area contributed by atoms with Gasteiger partial charge in [0.25, 0.3) is 0 Å². The van der Waals surface area contributed by atoms with Gasteiger partial charge in [-0.05, 0) is 47.0 Å². The van der Waals surface area contributed by atoms with Gasteiger partial charge in [0.15, 0.2) is 5.96 Å². The molecule has 0 amide bonds. The monoisotopic (exact) mass is 399 g/mol. The highest BCUT2D eigenvalue weighted by atomic mass is 79.9. The molecule has 0 spiro atoms. The first-order valence-corrected chi connectivity index (χ1v) is 9.23. The van der Waals surface area contributed by atoms with Crippen molar-refractivity contribution in [1.82, 2.24) is 20.0 Å². The summed E-state index contributed by atoms with van der Waals surface area (Å²) in [4.78, 5) is 9.23. The third kappa shape index (κ3) is 5.06. The zero-order valence-electron chi connectivity index (χ0n) is 14.2. The van der Waals surface area contributed by atoms with Gasteiger partial charge in [0, 0.05) is 30.0 Å². The van der Waals surface area contributed by atoms with Crippen molar-refractivity contribution in [2.24, 2.45) is 4.99 Å². The topological polar surface area (TPSA) is 53.7 Å². The molecule has 0 saturated carbocycles. The Morgan fingerprint density at radius 3 is 2.76 bits per heavy atom. The first-order chi connectivity index (χ1) is 12.2. The Balaban J connectivity index is 1.60. The number of benzene rings is 1. The van der Waals surface area contributed by atoms with Crippen molar-refractivity contribution in [2.75, 3.05) is 13.1 Å². The Kier molecular flexibility index (Phi) is 6.06. The molecule has 3 rings (SSSR count). The van der Waals surface area contributed by atoms with Crippen LogP contribution in [-0.2, 0) is 13.0 Å². The SMILES string of the molecule is CCNC(=NCc1cn2cc(Br)ccc2n1)NCCc1ccccc1. The first-order valence-electron chi connectivity index (χ1n) is 8.44. The van der Waals surface area contributed by atoms with E-state index < -0.39 is 0 Å². The minimum Gasteiger partial charge on any atom is -0.357 e. The average molecular weight is 400 g/mol. The number of halogens is 1. The predicted molar refractivity (Wildman–Crippen MR) is 106 cm³/mol. The smallest absolute Gasteiger partial charge is 0.191 e. The number of fused-ring (bicyclic) bond motifs is 1. The number of nitrogens with zero attached hydrogens (tertiary/aromatic N) is 3. The maximum absolute atomic E-state index is 4.64. The van der Waals surface area contributed by atoms with Gasteiger partial charge in [-0.15, -0.1) is 0 Å². The second-order valence-corrected chi connectivity index (χ2v) is 6.62. The standard InChI is InChI=1S/C19H22BrN5/c1-2-21-19(22-11-10-15-6-4-3-5-7-15)23-12-17-14-25-13-16(20)8-9-18(25)24-17/h3-9,13-14H,2,10-12H2,1H3,(H2,21,22,23). The molecule has 0 radical (unpaired) electrons. The van der Waals surface area contributed by atoms with E-state index in [-0.39, 0.29) is 0 Å². The molecule has 0 aliphatic rings. The summed E-state index contributed by atoms with van der Waals surface area (Å²) < 4.78 is 3.04. The van der Waals surface area contributed by atoms with Gasteiger partial charge in [0.2, 0.25) is 0 Å². The lowest BCUT2D eigenvalue weighted by atomic mass is 10.1. The number of rotatable bonds is 6. The summed E-state index contributed by atoms with van der Waals surface area (Å²) in [5.41, 5.74) is 3.19. The number of nitrogens with one attached hydrogen (secondary N) is 2. The number of hydrogen-bond donors (Lipinski definition) is 2. The molecule has 0 unspecified atom stereocenters. The normalized spacial score (nSPS) is 11.7. The van der Waals surface area contributed by atoms with Crippen LogP contribution >= 0.6 is 15.9 Å². The number of pyridine rings is 1. The zero-order chi connectivity index (χ0) is 17.5. The predicted octanol–water partition coefficient (Wildman–Crippen LogP) is 3.39. The summed E-state index contributed by atoms with van der Waals surface area (Å²) in [5, 5.41) is 6.66. The van der Waals surface area contributed by atoms with Crippen molar-refractivity contribution < 1.29 is 0 Å². The summed E-state index contributed by atoms with van der Waals surface area (Å²) in [5.74, 6) is 0.816. The van der Waals surface area contributed by atoms with Crippen molar-refractivity contribution in [3.05, 3.63) is 70.6 Å². The van der Waals surface area contributed by atoms with E-state index in [9.17, 15) is 0 Å². The lowest BCUT2D eigenvalue weighted by molar-refractivity contribution is 0.797. The third-order valence-electron chi connectivity index (χ3n) is 3.76. The van der Waals surface area contributed by atoms with Gasteiger partial charge in [-0.2, -0.15) is 0 Å². The Labute approximate surface area is 156 Å². The number of aliphatic imine (C=N–C) groups is 1. The van der Waals surface area contributed by atoms with Gasteiger partial charge in [-0.25, -0.2) is 9.98 Å². The highest BCUT2D eigenvalue weighted by Crippen LogP contribution is 2.12. The van der Waals surface area contributed by atoms with Gasteiger partial charge >= 0.3 is 0 Å². The minimum atomic E-state index is 0.542. The molecule has 0 atom stereocenters. The first kappa shape index (κ1) is 17.5. The van der Waals surface area contributed by atoms with Gasteiger partial charge in [-0.1, -0.05) is 30.3 Å². The molecule has 2 heterocycles. The molecule has 1 aromatic carbocycles. The largest absolute Gasteiger partial charge is 0.357 e. The number of imidazole rings is 1. The van der Waals surface area contributed by atoms with Crippen molar-refractivity contribution in [1.29, 1.82) is 0 Å². The van der Waals surface area contributed by atoms with E-state index in [0.29, 0.717) is 6.54 Å². The van der Waals surface area contributed by atoms with Gasteiger partial charge in [0.1, 0.15) is 5.65 Å². The van der Waals surface area contributed by atoms with Crippen LogP contribution in [0, 0.1) is 0 Å². The molecule has 0 aliphatic heterocycles. The van der Waals surface area contributed by atoms with Crippen LogP contribution in [-0.4, -0.2) is 28.4 Å². The third-order valence-corrected chi connectivity index (χ3v) is 4.23. The fraction of sp³-hybridized carbons (Fsp3) is 0.263. The van der Waals surface area contributed by atoms with Crippen molar-refractivity contribution in [3.8, 4) is 0 Å². The van der Waals surface area contributed by atoms with Gasteiger partial charge in [0.05, 0.1) is 12.2 Å². The lowest BCUT2D eigenvalue weighted by Gasteiger charge is -2.10. The van der Waals surface area contributed by atoms with Crippen LogP contribution in [0.5, 0.6) is 0 Å². The molecule has 2 aromatic heterocycles. The van der Waals surface area contributed by atoms with Crippen molar-refractivity contribution in [3.63, 3.8) is 0 Å². The lowest BCUT2D eigenvalue weighted by Crippen LogP contribution is -2.38. The molecule has 0 bridgehead atoms. The number of guanidine groups is 1.